The van der Waals surface area contributed by atoms with Crippen LogP contribution in [0.3, 0.4) is 0 Å². The Hall–Kier alpha value is -3.94. The predicted molar refractivity (Wildman–Crippen MR) is 133 cm³/mol. The Balaban J connectivity index is 1.36. The van der Waals surface area contributed by atoms with Gasteiger partial charge in [0.2, 0.25) is 5.91 Å². The quantitative estimate of drug-likeness (QED) is 0.314. The lowest BCUT2D eigenvalue weighted by atomic mass is 10.1. The standard InChI is InChI=1S/C26H29N5O3/c1-19-4-6-22(7-5-19)18-30-21(3)25(20(2)27-30)12-13-26(32)29-16-14-28(15-17-29)23-8-10-24(11-9-23)31(33)34/h4-13H,14-18H2,1-3H3/b13-12+. The zero-order valence-electron chi connectivity index (χ0n) is 19.8. The zero-order chi connectivity index (χ0) is 24.2. The smallest absolute Gasteiger partial charge is 0.269 e. The number of anilines is 1. The third kappa shape index (κ3) is 5.17. The molecule has 8 heteroatoms. The van der Waals surface area contributed by atoms with Crippen LogP contribution in [0.15, 0.2) is 54.6 Å². The second-order valence-electron chi connectivity index (χ2n) is 8.65. The number of carbonyl (C=O) groups excluding carboxylic acids is 1. The molecule has 34 heavy (non-hydrogen) atoms. The molecule has 4 rings (SSSR count). The number of nitro groups is 1. The maximum absolute atomic E-state index is 12.8. The average Bonchev–Trinajstić information content (AvgIpc) is 3.11. The fraction of sp³-hybridized carbons (Fsp3) is 0.308. The highest BCUT2D eigenvalue weighted by molar-refractivity contribution is 5.92. The maximum atomic E-state index is 12.8. The van der Waals surface area contributed by atoms with E-state index in [2.05, 4.69) is 41.2 Å². The summed E-state index contributed by atoms with van der Waals surface area (Å²) in [5.41, 5.74) is 6.34. The van der Waals surface area contributed by atoms with Gasteiger partial charge in [0.05, 0.1) is 17.2 Å². The molecule has 0 spiro atoms. The molecule has 0 saturated carbocycles. The first-order valence-electron chi connectivity index (χ1n) is 11.4. The van der Waals surface area contributed by atoms with Crippen molar-refractivity contribution in [2.75, 3.05) is 31.1 Å². The molecule has 1 amide bonds. The Bertz CT molecular complexity index is 1200. The number of rotatable bonds is 6. The van der Waals surface area contributed by atoms with Crippen LogP contribution in [0, 0.1) is 30.9 Å². The minimum absolute atomic E-state index is 0.0200. The van der Waals surface area contributed by atoms with Crippen molar-refractivity contribution in [3.05, 3.63) is 92.8 Å². The van der Waals surface area contributed by atoms with Gasteiger partial charge in [-0.1, -0.05) is 29.8 Å². The van der Waals surface area contributed by atoms with E-state index in [9.17, 15) is 14.9 Å². The number of non-ortho nitro benzene ring substituents is 1. The van der Waals surface area contributed by atoms with Gasteiger partial charge in [-0.3, -0.25) is 19.6 Å². The Labute approximate surface area is 199 Å². The number of nitrogens with zero attached hydrogens (tertiary/aromatic N) is 5. The van der Waals surface area contributed by atoms with Crippen molar-refractivity contribution in [2.24, 2.45) is 0 Å². The van der Waals surface area contributed by atoms with Gasteiger partial charge in [0.25, 0.3) is 5.69 Å². The van der Waals surface area contributed by atoms with E-state index >= 15 is 0 Å². The van der Waals surface area contributed by atoms with E-state index in [0.29, 0.717) is 32.7 Å². The molecule has 8 nitrogen and oxygen atoms in total. The van der Waals surface area contributed by atoms with Crippen LogP contribution in [0.5, 0.6) is 0 Å². The molecule has 2 heterocycles. The first-order valence-corrected chi connectivity index (χ1v) is 11.4. The van der Waals surface area contributed by atoms with Gasteiger partial charge in [0.1, 0.15) is 0 Å². The van der Waals surface area contributed by atoms with Gasteiger partial charge in [0.15, 0.2) is 0 Å². The molecule has 0 radical (unpaired) electrons. The molecule has 1 aliphatic rings. The molecule has 3 aromatic rings. The number of benzene rings is 2. The fourth-order valence-corrected chi connectivity index (χ4v) is 4.20. The molecule has 1 saturated heterocycles. The van der Waals surface area contributed by atoms with Crippen molar-refractivity contribution in [1.82, 2.24) is 14.7 Å². The molecule has 0 aliphatic carbocycles. The minimum Gasteiger partial charge on any atom is -0.368 e. The van der Waals surface area contributed by atoms with Gasteiger partial charge < -0.3 is 9.80 Å². The van der Waals surface area contributed by atoms with Crippen molar-refractivity contribution in [3.8, 4) is 0 Å². The van der Waals surface area contributed by atoms with Crippen LogP contribution in [-0.4, -0.2) is 51.7 Å². The highest BCUT2D eigenvalue weighted by Gasteiger charge is 2.20. The first kappa shape index (κ1) is 23.2. The second kappa shape index (κ2) is 9.91. The molecule has 0 unspecified atom stereocenters. The van der Waals surface area contributed by atoms with Gasteiger partial charge in [-0.25, -0.2) is 0 Å². The van der Waals surface area contributed by atoms with E-state index in [0.717, 1.165) is 22.6 Å². The van der Waals surface area contributed by atoms with Gasteiger partial charge in [-0.2, -0.15) is 5.10 Å². The number of aryl methyl sites for hydroxylation is 2. The molecule has 2 aromatic carbocycles. The summed E-state index contributed by atoms with van der Waals surface area (Å²) in [7, 11) is 0. The molecule has 0 N–H and O–H groups in total. The number of amides is 1. The second-order valence-corrected chi connectivity index (χ2v) is 8.65. The van der Waals surface area contributed by atoms with E-state index in [-0.39, 0.29) is 11.6 Å². The third-order valence-electron chi connectivity index (χ3n) is 6.30. The molecule has 0 atom stereocenters. The Morgan fingerprint density at radius 1 is 1.00 bits per heavy atom. The van der Waals surface area contributed by atoms with Crippen molar-refractivity contribution < 1.29 is 9.72 Å². The van der Waals surface area contributed by atoms with Crippen molar-refractivity contribution in [1.29, 1.82) is 0 Å². The summed E-state index contributed by atoms with van der Waals surface area (Å²) in [5, 5.41) is 15.5. The van der Waals surface area contributed by atoms with Crippen LogP contribution in [0.25, 0.3) is 6.08 Å². The summed E-state index contributed by atoms with van der Waals surface area (Å²) < 4.78 is 1.98. The summed E-state index contributed by atoms with van der Waals surface area (Å²) in [4.78, 5) is 27.2. The van der Waals surface area contributed by atoms with E-state index in [1.807, 2.05) is 29.5 Å². The lowest BCUT2D eigenvalue weighted by Gasteiger charge is -2.35. The predicted octanol–water partition coefficient (Wildman–Crippen LogP) is 4.13. The largest absolute Gasteiger partial charge is 0.368 e. The number of hydrogen-bond acceptors (Lipinski definition) is 5. The summed E-state index contributed by atoms with van der Waals surface area (Å²) in [6.45, 7) is 9.33. The summed E-state index contributed by atoms with van der Waals surface area (Å²) in [6, 6.07) is 15.0. The van der Waals surface area contributed by atoms with E-state index in [1.165, 1.54) is 23.3 Å². The number of piperazine rings is 1. The summed E-state index contributed by atoms with van der Waals surface area (Å²) >= 11 is 0. The number of nitro benzene ring substituents is 1. The Kier molecular flexibility index (Phi) is 6.77. The van der Waals surface area contributed by atoms with Crippen molar-refractivity contribution in [3.63, 3.8) is 0 Å². The van der Waals surface area contributed by atoms with E-state index in [4.69, 9.17) is 0 Å². The summed E-state index contributed by atoms with van der Waals surface area (Å²) in [5.74, 6) is -0.0200. The molecule has 1 aromatic heterocycles. The highest BCUT2D eigenvalue weighted by Crippen LogP contribution is 2.21. The molecule has 1 aliphatic heterocycles. The van der Waals surface area contributed by atoms with Crippen LogP contribution in [-0.2, 0) is 11.3 Å². The number of carbonyl (C=O) groups is 1. The van der Waals surface area contributed by atoms with Gasteiger partial charge in [-0.05, 0) is 44.5 Å². The molecule has 1 fully saturated rings. The van der Waals surface area contributed by atoms with Gasteiger partial charge >= 0.3 is 0 Å². The fourth-order valence-electron chi connectivity index (χ4n) is 4.20. The van der Waals surface area contributed by atoms with Gasteiger partial charge in [0, 0.05) is 61.3 Å². The monoisotopic (exact) mass is 459 g/mol. The maximum Gasteiger partial charge on any atom is 0.269 e. The SMILES string of the molecule is Cc1ccc(Cn2nc(C)c(/C=C/C(=O)N3CCN(c4ccc([N+](=O)[O-])cc4)CC3)c2C)cc1. The molecule has 0 bridgehead atoms. The lowest BCUT2D eigenvalue weighted by molar-refractivity contribution is -0.384. The average molecular weight is 460 g/mol. The molecular weight excluding hydrogens is 430 g/mol. The third-order valence-corrected chi connectivity index (χ3v) is 6.30. The Morgan fingerprint density at radius 3 is 2.26 bits per heavy atom. The Morgan fingerprint density at radius 2 is 1.65 bits per heavy atom. The van der Waals surface area contributed by atoms with Crippen LogP contribution >= 0.6 is 0 Å². The zero-order valence-corrected chi connectivity index (χ0v) is 19.8. The van der Waals surface area contributed by atoms with Crippen molar-refractivity contribution in [2.45, 2.75) is 27.3 Å². The molecule has 176 valence electrons. The normalized spacial score (nSPS) is 14.1. The van der Waals surface area contributed by atoms with Crippen LogP contribution < -0.4 is 4.90 Å². The number of hydrogen-bond donors (Lipinski definition) is 0. The summed E-state index contributed by atoms with van der Waals surface area (Å²) in [6.07, 6.45) is 3.50. The van der Waals surface area contributed by atoms with E-state index in [1.54, 1.807) is 18.2 Å². The van der Waals surface area contributed by atoms with Crippen LogP contribution in [0.4, 0.5) is 11.4 Å². The lowest BCUT2D eigenvalue weighted by Crippen LogP contribution is -2.48. The van der Waals surface area contributed by atoms with Crippen molar-refractivity contribution >= 4 is 23.4 Å². The first-order chi connectivity index (χ1) is 16.3. The number of aromatic nitrogens is 2. The molecular formula is C26H29N5O3. The van der Waals surface area contributed by atoms with E-state index < -0.39 is 4.92 Å². The van der Waals surface area contributed by atoms with Crippen LogP contribution in [0.2, 0.25) is 0 Å². The topological polar surface area (TPSA) is 84.5 Å². The van der Waals surface area contributed by atoms with Crippen LogP contribution in [0.1, 0.15) is 28.1 Å². The van der Waals surface area contributed by atoms with Gasteiger partial charge in [-0.15, -0.1) is 0 Å². The minimum atomic E-state index is -0.400. The highest BCUT2D eigenvalue weighted by atomic mass is 16.6.